The fraction of sp³-hybridized carbons (Fsp3) is 0.0714. The van der Waals surface area contributed by atoms with Crippen LogP contribution < -0.4 is 10.5 Å². The molecule has 2 rings (SSSR count). The van der Waals surface area contributed by atoms with Crippen molar-refractivity contribution >= 4 is 6.03 Å². The lowest BCUT2D eigenvalue weighted by Crippen LogP contribution is -2.32. The van der Waals surface area contributed by atoms with Gasteiger partial charge in [-0.25, -0.2) is 9.18 Å². The van der Waals surface area contributed by atoms with Gasteiger partial charge < -0.3 is 14.9 Å². The number of furan rings is 1. The molecular formula is C14H11FN2O4. The number of halogens is 1. The van der Waals surface area contributed by atoms with E-state index in [-0.39, 0.29) is 29.1 Å². The number of carbonyl (C=O) groups excluding carboxylic acids is 1. The van der Waals surface area contributed by atoms with Gasteiger partial charge in [-0.05, 0) is 36.3 Å². The average Bonchev–Trinajstić information content (AvgIpc) is 2.89. The zero-order chi connectivity index (χ0) is 15.2. The molecule has 6 nitrogen and oxygen atoms in total. The van der Waals surface area contributed by atoms with Crippen molar-refractivity contribution in [3.05, 3.63) is 48.0 Å². The maximum absolute atomic E-state index is 12.7. The second kappa shape index (κ2) is 6.45. The van der Waals surface area contributed by atoms with Gasteiger partial charge in [0, 0.05) is 6.07 Å². The molecule has 2 aromatic rings. The van der Waals surface area contributed by atoms with Crippen LogP contribution in [0.4, 0.5) is 9.18 Å². The van der Waals surface area contributed by atoms with Crippen molar-refractivity contribution in [1.29, 1.82) is 0 Å². The largest absolute Gasteiger partial charge is 0.426 e. The number of nitrogens with zero attached hydrogens (tertiary/aromatic N) is 1. The number of primary amides is 1. The van der Waals surface area contributed by atoms with Crippen molar-refractivity contribution < 1.29 is 23.5 Å². The molecule has 1 aromatic carbocycles. The topological polar surface area (TPSA) is 88.9 Å². The van der Waals surface area contributed by atoms with Crippen molar-refractivity contribution in [3.8, 4) is 23.5 Å². The maximum atomic E-state index is 12.7. The molecule has 0 saturated heterocycles. The molecule has 108 valence electrons. The summed E-state index contributed by atoms with van der Waals surface area (Å²) in [6, 6.07) is 7.54. The highest BCUT2D eigenvalue weighted by atomic mass is 19.1. The van der Waals surface area contributed by atoms with Crippen molar-refractivity contribution in [1.82, 2.24) is 5.06 Å². The number of hydroxylamine groups is 2. The molecule has 1 aromatic heterocycles. The van der Waals surface area contributed by atoms with E-state index in [1.165, 1.54) is 30.3 Å². The molecule has 0 atom stereocenters. The molecule has 0 unspecified atom stereocenters. The molecular weight excluding hydrogens is 279 g/mol. The van der Waals surface area contributed by atoms with Gasteiger partial charge in [0.05, 0.1) is 0 Å². The summed E-state index contributed by atoms with van der Waals surface area (Å²) in [6.07, 6.45) is 0. The summed E-state index contributed by atoms with van der Waals surface area (Å²) in [5, 5.41) is 9.27. The fourth-order valence-corrected chi connectivity index (χ4v) is 1.34. The van der Waals surface area contributed by atoms with Crippen molar-refractivity contribution in [2.75, 3.05) is 6.54 Å². The van der Waals surface area contributed by atoms with Gasteiger partial charge >= 0.3 is 6.03 Å². The summed E-state index contributed by atoms with van der Waals surface area (Å²) >= 11 is 0. The molecule has 0 aliphatic carbocycles. The number of amides is 2. The van der Waals surface area contributed by atoms with E-state index in [0.717, 1.165) is 0 Å². The summed E-state index contributed by atoms with van der Waals surface area (Å²) in [6.45, 7) is -0.246. The summed E-state index contributed by atoms with van der Waals surface area (Å²) < 4.78 is 23.3. The minimum atomic E-state index is -0.996. The number of ether oxygens (including phenoxy) is 1. The number of rotatable bonds is 3. The van der Waals surface area contributed by atoms with Gasteiger partial charge in [-0.1, -0.05) is 5.92 Å². The van der Waals surface area contributed by atoms with Crippen LogP contribution in [-0.2, 0) is 0 Å². The monoisotopic (exact) mass is 290 g/mol. The number of nitrogens with two attached hydrogens (primary N) is 1. The Morgan fingerprint density at radius 1 is 1.33 bits per heavy atom. The molecule has 0 bridgehead atoms. The number of hydrogen-bond acceptors (Lipinski definition) is 4. The van der Waals surface area contributed by atoms with Gasteiger partial charge in [0.2, 0.25) is 0 Å². The lowest BCUT2D eigenvalue weighted by atomic mass is 10.3. The van der Waals surface area contributed by atoms with Gasteiger partial charge in [-0.15, -0.1) is 0 Å². The quantitative estimate of drug-likeness (QED) is 0.516. The summed E-state index contributed by atoms with van der Waals surface area (Å²) in [7, 11) is 0. The molecule has 0 radical (unpaired) electrons. The predicted molar refractivity (Wildman–Crippen MR) is 70.1 cm³/mol. The van der Waals surface area contributed by atoms with E-state index in [0.29, 0.717) is 5.75 Å². The standard InChI is InChI=1S/C14H11FN2O4/c15-10-3-5-12(6-4-10)21-13-8-7-11(20-13)2-1-9-17(19)14(16)18/h3-8,19H,9H2,(H2,16,18). The zero-order valence-electron chi connectivity index (χ0n) is 10.7. The van der Waals surface area contributed by atoms with E-state index in [9.17, 15) is 9.18 Å². The zero-order valence-corrected chi connectivity index (χ0v) is 10.7. The average molecular weight is 290 g/mol. The highest BCUT2D eigenvalue weighted by Gasteiger charge is 2.04. The number of hydrogen-bond donors (Lipinski definition) is 2. The van der Waals surface area contributed by atoms with Crippen LogP contribution in [0.5, 0.6) is 11.7 Å². The summed E-state index contributed by atoms with van der Waals surface area (Å²) in [4.78, 5) is 10.5. The molecule has 0 aliphatic heterocycles. The molecule has 7 heteroatoms. The Morgan fingerprint density at radius 2 is 2.05 bits per heavy atom. The predicted octanol–water partition coefficient (Wildman–Crippen LogP) is 2.33. The third kappa shape index (κ3) is 4.26. The van der Waals surface area contributed by atoms with Crippen LogP contribution in [0, 0.1) is 17.7 Å². The second-order valence-corrected chi connectivity index (χ2v) is 3.87. The third-order valence-corrected chi connectivity index (χ3v) is 2.31. The highest BCUT2D eigenvalue weighted by Crippen LogP contribution is 2.23. The lowest BCUT2D eigenvalue weighted by Gasteiger charge is -2.05. The molecule has 0 fully saturated rings. The Labute approximate surface area is 119 Å². The smallest absolute Gasteiger partial charge is 0.339 e. The van der Waals surface area contributed by atoms with E-state index in [4.69, 9.17) is 20.1 Å². The van der Waals surface area contributed by atoms with Gasteiger partial charge in [0.25, 0.3) is 5.95 Å². The van der Waals surface area contributed by atoms with E-state index in [1.807, 2.05) is 0 Å². The number of urea groups is 1. The minimum Gasteiger partial charge on any atom is -0.426 e. The Kier molecular flexibility index (Phi) is 4.43. The normalized spacial score (nSPS) is 9.62. The first-order valence-corrected chi connectivity index (χ1v) is 5.82. The van der Waals surface area contributed by atoms with Crippen molar-refractivity contribution in [2.45, 2.75) is 0 Å². The van der Waals surface area contributed by atoms with Gasteiger partial charge in [-0.3, -0.25) is 5.21 Å². The summed E-state index contributed by atoms with van der Waals surface area (Å²) in [5.41, 5.74) is 4.82. The van der Waals surface area contributed by atoms with Crippen LogP contribution >= 0.6 is 0 Å². The molecule has 3 N–H and O–H groups in total. The Hall–Kier alpha value is -2.98. The second-order valence-electron chi connectivity index (χ2n) is 3.87. The number of carbonyl (C=O) groups is 1. The third-order valence-electron chi connectivity index (χ3n) is 2.31. The van der Waals surface area contributed by atoms with Crippen LogP contribution in [-0.4, -0.2) is 22.8 Å². The van der Waals surface area contributed by atoms with Crippen LogP contribution in [0.2, 0.25) is 0 Å². The first kappa shape index (κ1) is 14.4. The van der Waals surface area contributed by atoms with E-state index in [2.05, 4.69) is 11.8 Å². The SMILES string of the molecule is NC(=O)N(O)CC#Cc1ccc(Oc2ccc(F)cc2)o1. The molecule has 2 amide bonds. The Morgan fingerprint density at radius 3 is 2.71 bits per heavy atom. The van der Waals surface area contributed by atoms with Crippen LogP contribution in [0.25, 0.3) is 0 Å². The van der Waals surface area contributed by atoms with E-state index >= 15 is 0 Å². The van der Waals surface area contributed by atoms with E-state index < -0.39 is 6.03 Å². The van der Waals surface area contributed by atoms with Crippen molar-refractivity contribution in [2.24, 2.45) is 5.73 Å². The van der Waals surface area contributed by atoms with Crippen LogP contribution in [0.1, 0.15) is 5.76 Å². The van der Waals surface area contributed by atoms with Gasteiger partial charge in [-0.2, -0.15) is 5.06 Å². The van der Waals surface area contributed by atoms with Crippen LogP contribution in [0.3, 0.4) is 0 Å². The lowest BCUT2D eigenvalue weighted by molar-refractivity contribution is -0.0269. The van der Waals surface area contributed by atoms with Gasteiger partial charge in [0.1, 0.15) is 18.1 Å². The van der Waals surface area contributed by atoms with E-state index in [1.54, 1.807) is 6.07 Å². The number of benzene rings is 1. The minimum absolute atomic E-state index is 0.182. The fourth-order valence-electron chi connectivity index (χ4n) is 1.34. The van der Waals surface area contributed by atoms with Gasteiger partial charge in [0.15, 0.2) is 5.76 Å². The van der Waals surface area contributed by atoms with Crippen molar-refractivity contribution in [3.63, 3.8) is 0 Å². The Bertz CT molecular complexity index is 685. The first-order valence-electron chi connectivity index (χ1n) is 5.82. The highest BCUT2D eigenvalue weighted by molar-refractivity contribution is 5.70. The Balaban J connectivity index is 1.97. The molecule has 0 spiro atoms. The van der Waals surface area contributed by atoms with Crippen LogP contribution in [0.15, 0.2) is 40.8 Å². The maximum Gasteiger partial charge on any atom is 0.339 e. The molecule has 21 heavy (non-hydrogen) atoms. The summed E-state index contributed by atoms with van der Waals surface area (Å²) in [5.74, 6) is 5.59. The molecule has 1 heterocycles. The molecule has 0 aliphatic rings. The first-order chi connectivity index (χ1) is 10.0. The molecule has 0 saturated carbocycles.